The number of carbonyl (C=O) groups is 1. The summed E-state index contributed by atoms with van der Waals surface area (Å²) >= 11 is 5.94. The number of hydrogen-bond acceptors (Lipinski definition) is 3. The topological polar surface area (TPSA) is 35.6 Å². The van der Waals surface area contributed by atoms with Crippen molar-refractivity contribution in [3.63, 3.8) is 0 Å². The third-order valence-corrected chi connectivity index (χ3v) is 5.05. The second kappa shape index (κ2) is 9.17. The van der Waals surface area contributed by atoms with Gasteiger partial charge in [0.2, 0.25) is 5.91 Å². The fourth-order valence-corrected chi connectivity index (χ4v) is 3.31. The normalized spacial score (nSPS) is 15.8. The van der Waals surface area contributed by atoms with Crippen LogP contribution in [0.25, 0.3) is 0 Å². The highest BCUT2D eigenvalue weighted by molar-refractivity contribution is 6.30. The van der Waals surface area contributed by atoms with E-state index in [0.717, 1.165) is 49.9 Å². The Morgan fingerprint density at radius 2 is 1.50 bits per heavy atom. The fourth-order valence-electron chi connectivity index (χ4n) is 3.18. The van der Waals surface area contributed by atoms with Gasteiger partial charge in [0.05, 0.1) is 6.54 Å². The number of carbonyl (C=O) groups excluding carboxylic acids is 1. The van der Waals surface area contributed by atoms with Crippen LogP contribution in [-0.2, 0) is 17.8 Å². The number of aryl methyl sites for hydroxylation is 1. The fraction of sp³-hybridized carbons (Fsp3) is 0.381. The second-order valence-corrected chi connectivity index (χ2v) is 7.21. The molecule has 2 aromatic rings. The van der Waals surface area contributed by atoms with Gasteiger partial charge in [0.1, 0.15) is 0 Å². The molecule has 1 heterocycles. The van der Waals surface area contributed by atoms with Crippen LogP contribution in [0.3, 0.4) is 0 Å². The first-order valence-corrected chi connectivity index (χ1v) is 9.58. The van der Waals surface area contributed by atoms with Crippen molar-refractivity contribution >= 4 is 23.2 Å². The van der Waals surface area contributed by atoms with Crippen molar-refractivity contribution in [3.8, 4) is 0 Å². The number of nitrogens with zero attached hydrogens (tertiary/aromatic N) is 2. The molecular formula is C21H26ClN3O. The van der Waals surface area contributed by atoms with Gasteiger partial charge in [0.15, 0.2) is 0 Å². The van der Waals surface area contributed by atoms with Gasteiger partial charge in [-0.15, -0.1) is 0 Å². The van der Waals surface area contributed by atoms with Gasteiger partial charge in [-0.1, -0.05) is 42.8 Å². The summed E-state index contributed by atoms with van der Waals surface area (Å²) in [6.45, 7) is 7.28. The maximum atomic E-state index is 12.3. The number of anilines is 1. The van der Waals surface area contributed by atoms with Crippen LogP contribution in [0, 0.1) is 0 Å². The maximum Gasteiger partial charge on any atom is 0.238 e. The van der Waals surface area contributed by atoms with Crippen LogP contribution in [0.5, 0.6) is 0 Å². The smallest absolute Gasteiger partial charge is 0.238 e. The van der Waals surface area contributed by atoms with Crippen LogP contribution in [-0.4, -0.2) is 48.4 Å². The molecule has 1 fully saturated rings. The van der Waals surface area contributed by atoms with Crippen molar-refractivity contribution in [2.75, 3.05) is 38.0 Å². The molecule has 5 heteroatoms. The van der Waals surface area contributed by atoms with Crippen LogP contribution in [0.1, 0.15) is 18.1 Å². The summed E-state index contributed by atoms with van der Waals surface area (Å²) in [6, 6.07) is 16.1. The van der Waals surface area contributed by atoms with Crippen molar-refractivity contribution in [2.24, 2.45) is 0 Å². The van der Waals surface area contributed by atoms with E-state index in [-0.39, 0.29) is 5.91 Å². The average Bonchev–Trinajstić information content (AvgIpc) is 2.66. The van der Waals surface area contributed by atoms with E-state index >= 15 is 0 Å². The molecule has 0 aromatic heterocycles. The van der Waals surface area contributed by atoms with Crippen LogP contribution in [0.15, 0.2) is 48.5 Å². The van der Waals surface area contributed by atoms with E-state index in [2.05, 4.69) is 46.3 Å². The Bertz CT molecular complexity index is 707. The van der Waals surface area contributed by atoms with Crippen LogP contribution >= 0.6 is 11.6 Å². The number of piperazine rings is 1. The molecule has 0 saturated carbocycles. The first-order valence-electron chi connectivity index (χ1n) is 9.20. The lowest BCUT2D eigenvalue weighted by Gasteiger charge is -2.34. The number of rotatable bonds is 6. The first-order chi connectivity index (χ1) is 12.6. The van der Waals surface area contributed by atoms with Gasteiger partial charge in [0, 0.05) is 43.4 Å². The number of amides is 1. The van der Waals surface area contributed by atoms with Gasteiger partial charge in [-0.3, -0.25) is 14.6 Å². The molecule has 0 radical (unpaired) electrons. The number of nitrogens with one attached hydrogen (secondary N) is 1. The van der Waals surface area contributed by atoms with Gasteiger partial charge in [-0.2, -0.15) is 0 Å². The molecule has 26 heavy (non-hydrogen) atoms. The van der Waals surface area contributed by atoms with Crippen molar-refractivity contribution in [1.29, 1.82) is 0 Å². The first kappa shape index (κ1) is 18.9. The van der Waals surface area contributed by atoms with E-state index in [1.807, 2.05) is 24.3 Å². The van der Waals surface area contributed by atoms with E-state index in [1.54, 1.807) is 0 Å². The van der Waals surface area contributed by atoms with Gasteiger partial charge in [-0.05, 0) is 41.8 Å². The lowest BCUT2D eigenvalue weighted by atomic mass is 10.1. The molecule has 4 nitrogen and oxygen atoms in total. The second-order valence-electron chi connectivity index (χ2n) is 6.78. The molecule has 2 aromatic carbocycles. The monoisotopic (exact) mass is 371 g/mol. The Morgan fingerprint density at radius 1 is 0.923 bits per heavy atom. The Balaban J connectivity index is 1.41. The number of hydrogen-bond donors (Lipinski definition) is 1. The quantitative estimate of drug-likeness (QED) is 0.841. The molecule has 3 rings (SSSR count). The molecule has 1 amide bonds. The molecule has 1 N–H and O–H groups in total. The summed E-state index contributed by atoms with van der Waals surface area (Å²) in [4.78, 5) is 16.9. The molecule has 1 aliphatic heterocycles. The molecule has 0 atom stereocenters. The van der Waals surface area contributed by atoms with Gasteiger partial charge in [0.25, 0.3) is 0 Å². The van der Waals surface area contributed by atoms with Crippen molar-refractivity contribution in [2.45, 2.75) is 19.9 Å². The van der Waals surface area contributed by atoms with E-state index in [1.165, 1.54) is 11.1 Å². The standard InChI is InChI=1S/C21H26ClN3O/c1-2-17-5-9-20(10-6-17)23-21(26)16-25-13-11-24(12-14-25)15-18-3-7-19(22)8-4-18/h3-10H,2,11-16H2,1H3,(H,23,26). The molecule has 138 valence electrons. The molecular weight excluding hydrogens is 346 g/mol. The summed E-state index contributed by atoms with van der Waals surface area (Å²) < 4.78 is 0. The van der Waals surface area contributed by atoms with E-state index in [9.17, 15) is 4.79 Å². The van der Waals surface area contributed by atoms with Crippen LogP contribution in [0.4, 0.5) is 5.69 Å². The van der Waals surface area contributed by atoms with Gasteiger partial charge < -0.3 is 5.32 Å². The van der Waals surface area contributed by atoms with Gasteiger partial charge in [-0.25, -0.2) is 0 Å². The zero-order valence-corrected chi connectivity index (χ0v) is 16.0. The zero-order valence-electron chi connectivity index (χ0n) is 15.2. The highest BCUT2D eigenvalue weighted by Gasteiger charge is 2.19. The summed E-state index contributed by atoms with van der Waals surface area (Å²) in [5.41, 5.74) is 3.42. The molecule has 0 spiro atoms. The molecule has 0 aliphatic carbocycles. The highest BCUT2D eigenvalue weighted by atomic mass is 35.5. The number of halogens is 1. The Hall–Kier alpha value is -1.88. The average molecular weight is 372 g/mol. The Kier molecular flexibility index (Phi) is 6.67. The van der Waals surface area contributed by atoms with Crippen molar-refractivity contribution < 1.29 is 4.79 Å². The molecule has 1 aliphatic rings. The van der Waals surface area contributed by atoms with E-state index in [4.69, 9.17) is 11.6 Å². The maximum absolute atomic E-state index is 12.3. The largest absolute Gasteiger partial charge is 0.325 e. The third kappa shape index (κ3) is 5.56. The summed E-state index contributed by atoms with van der Waals surface area (Å²) in [5, 5.41) is 3.76. The summed E-state index contributed by atoms with van der Waals surface area (Å²) in [7, 11) is 0. The van der Waals surface area contributed by atoms with E-state index < -0.39 is 0 Å². The minimum absolute atomic E-state index is 0.0559. The lowest BCUT2D eigenvalue weighted by Crippen LogP contribution is -2.48. The predicted octanol–water partition coefficient (Wildman–Crippen LogP) is 3.66. The highest BCUT2D eigenvalue weighted by Crippen LogP contribution is 2.13. The third-order valence-electron chi connectivity index (χ3n) is 4.80. The van der Waals surface area contributed by atoms with Gasteiger partial charge >= 0.3 is 0 Å². The predicted molar refractivity (Wildman–Crippen MR) is 108 cm³/mol. The Morgan fingerprint density at radius 3 is 2.12 bits per heavy atom. The molecule has 1 saturated heterocycles. The zero-order chi connectivity index (χ0) is 18.4. The minimum atomic E-state index is 0.0559. The van der Waals surface area contributed by atoms with Crippen molar-refractivity contribution in [1.82, 2.24) is 9.80 Å². The summed E-state index contributed by atoms with van der Waals surface area (Å²) in [6.07, 6.45) is 1.01. The van der Waals surface area contributed by atoms with Crippen molar-refractivity contribution in [3.05, 3.63) is 64.7 Å². The Labute approximate surface area is 160 Å². The van der Waals surface area contributed by atoms with E-state index in [0.29, 0.717) is 6.54 Å². The SMILES string of the molecule is CCc1ccc(NC(=O)CN2CCN(Cc3ccc(Cl)cc3)CC2)cc1. The minimum Gasteiger partial charge on any atom is -0.325 e. The van der Waals surface area contributed by atoms with Crippen LogP contribution < -0.4 is 5.32 Å². The molecule has 0 bridgehead atoms. The lowest BCUT2D eigenvalue weighted by molar-refractivity contribution is -0.117. The molecule has 0 unspecified atom stereocenters. The number of benzene rings is 2. The summed E-state index contributed by atoms with van der Waals surface area (Å²) in [5.74, 6) is 0.0559. The van der Waals surface area contributed by atoms with Crippen LogP contribution in [0.2, 0.25) is 5.02 Å².